The highest BCUT2D eigenvalue weighted by Gasteiger charge is 2.13. The minimum absolute atomic E-state index is 0.0571. The van der Waals surface area contributed by atoms with Gasteiger partial charge in [0.15, 0.2) is 0 Å². The number of hydrogen-bond acceptors (Lipinski definition) is 2. The van der Waals surface area contributed by atoms with Crippen molar-refractivity contribution in [2.75, 3.05) is 0 Å². The standard InChI is InChI=1S/C14H16FN3O/c1-9-12(10(2)18(3)17-9)8-16-14(19)11-6-4-5-7-13(11)15/h4-7H,8H2,1-3H3,(H,16,19). The molecule has 0 aliphatic rings. The van der Waals surface area contributed by atoms with Crippen molar-refractivity contribution in [2.45, 2.75) is 20.4 Å². The molecular weight excluding hydrogens is 245 g/mol. The van der Waals surface area contributed by atoms with Gasteiger partial charge in [-0.2, -0.15) is 5.10 Å². The number of carbonyl (C=O) groups is 1. The Balaban J connectivity index is 2.11. The van der Waals surface area contributed by atoms with Gasteiger partial charge in [-0.3, -0.25) is 9.48 Å². The van der Waals surface area contributed by atoms with Crippen molar-refractivity contribution < 1.29 is 9.18 Å². The smallest absolute Gasteiger partial charge is 0.254 e. The van der Waals surface area contributed by atoms with E-state index in [1.165, 1.54) is 12.1 Å². The lowest BCUT2D eigenvalue weighted by Crippen LogP contribution is -2.24. The fourth-order valence-electron chi connectivity index (χ4n) is 1.98. The van der Waals surface area contributed by atoms with E-state index in [4.69, 9.17) is 0 Å². The largest absolute Gasteiger partial charge is 0.348 e. The third-order valence-electron chi connectivity index (χ3n) is 3.20. The monoisotopic (exact) mass is 261 g/mol. The summed E-state index contributed by atoms with van der Waals surface area (Å²) in [4.78, 5) is 11.9. The molecule has 2 aromatic rings. The van der Waals surface area contributed by atoms with Gasteiger partial charge in [-0.25, -0.2) is 4.39 Å². The molecule has 0 saturated carbocycles. The zero-order valence-corrected chi connectivity index (χ0v) is 11.2. The summed E-state index contributed by atoms with van der Waals surface area (Å²) in [6.45, 7) is 4.17. The third-order valence-corrected chi connectivity index (χ3v) is 3.20. The highest BCUT2D eigenvalue weighted by molar-refractivity contribution is 5.94. The molecule has 100 valence electrons. The average Bonchev–Trinajstić information content (AvgIpc) is 2.61. The van der Waals surface area contributed by atoms with Crippen LogP contribution in [0.5, 0.6) is 0 Å². The molecule has 1 aromatic carbocycles. The van der Waals surface area contributed by atoms with E-state index in [9.17, 15) is 9.18 Å². The van der Waals surface area contributed by atoms with Gasteiger partial charge in [0, 0.05) is 24.8 Å². The summed E-state index contributed by atoms with van der Waals surface area (Å²) in [5.41, 5.74) is 2.88. The van der Waals surface area contributed by atoms with Crippen molar-refractivity contribution in [3.63, 3.8) is 0 Å². The number of amides is 1. The Morgan fingerprint density at radius 2 is 2.05 bits per heavy atom. The predicted octanol–water partition coefficient (Wildman–Crippen LogP) is 2.11. The number of rotatable bonds is 3. The van der Waals surface area contributed by atoms with Gasteiger partial charge in [-0.1, -0.05) is 12.1 Å². The summed E-state index contributed by atoms with van der Waals surface area (Å²) in [5, 5.41) is 6.99. The number of carbonyl (C=O) groups excluding carboxylic acids is 1. The van der Waals surface area contributed by atoms with E-state index in [0.717, 1.165) is 17.0 Å². The third kappa shape index (κ3) is 2.65. The van der Waals surface area contributed by atoms with Crippen molar-refractivity contribution in [1.82, 2.24) is 15.1 Å². The Morgan fingerprint density at radius 3 is 2.63 bits per heavy atom. The number of hydrogen-bond donors (Lipinski definition) is 1. The van der Waals surface area contributed by atoms with Gasteiger partial charge < -0.3 is 5.32 Å². The number of nitrogens with zero attached hydrogens (tertiary/aromatic N) is 2. The van der Waals surface area contributed by atoms with E-state index in [-0.39, 0.29) is 5.56 Å². The molecular formula is C14H16FN3O. The maximum Gasteiger partial charge on any atom is 0.254 e. The first kappa shape index (κ1) is 13.3. The number of nitrogens with one attached hydrogen (secondary N) is 1. The van der Waals surface area contributed by atoms with Crippen LogP contribution in [-0.4, -0.2) is 15.7 Å². The van der Waals surface area contributed by atoms with Crippen LogP contribution < -0.4 is 5.32 Å². The van der Waals surface area contributed by atoms with E-state index in [1.54, 1.807) is 16.8 Å². The van der Waals surface area contributed by atoms with Crippen LogP contribution in [0.3, 0.4) is 0 Å². The van der Waals surface area contributed by atoms with Crippen LogP contribution in [0.4, 0.5) is 4.39 Å². The molecule has 2 rings (SSSR count). The molecule has 0 spiro atoms. The van der Waals surface area contributed by atoms with Crippen LogP contribution in [0.2, 0.25) is 0 Å². The Labute approximate surface area is 111 Å². The minimum Gasteiger partial charge on any atom is -0.348 e. The first-order valence-electron chi connectivity index (χ1n) is 6.02. The minimum atomic E-state index is -0.514. The molecule has 0 bridgehead atoms. The molecule has 4 nitrogen and oxygen atoms in total. The summed E-state index contributed by atoms with van der Waals surface area (Å²) in [5.74, 6) is -0.930. The molecule has 0 aliphatic carbocycles. The molecule has 0 saturated heterocycles. The maximum atomic E-state index is 13.5. The van der Waals surface area contributed by atoms with Crippen molar-refractivity contribution in [1.29, 1.82) is 0 Å². The number of benzene rings is 1. The van der Waals surface area contributed by atoms with Gasteiger partial charge in [-0.05, 0) is 26.0 Å². The maximum absolute atomic E-state index is 13.5. The summed E-state index contributed by atoms with van der Waals surface area (Å²) in [6.07, 6.45) is 0. The molecule has 0 fully saturated rings. The Kier molecular flexibility index (Phi) is 3.64. The lowest BCUT2D eigenvalue weighted by molar-refractivity contribution is 0.0947. The Hall–Kier alpha value is -2.17. The molecule has 0 atom stereocenters. The van der Waals surface area contributed by atoms with Gasteiger partial charge in [0.05, 0.1) is 11.3 Å². The van der Waals surface area contributed by atoms with E-state index < -0.39 is 11.7 Å². The van der Waals surface area contributed by atoms with Crippen LogP contribution in [0.15, 0.2) is 24.3 Å². The lowest BCUT2D eigenvalue weighted by atomic mass is 10.1. The summed E-state index contributed by atoms with van der Waals surface area (Å²) in [6, 6.07) is 5.93. The van der Waals surface area contributed by atoms with Crippen molar-refractivity contribution in [3.05, 3.63) is 52.6 Å². The molecule has 1 heterocycles. The molecule has 5 heteroatoms. The molecule has 0 aliphatic heterocycles. The normalized spacial score (nSPS) is 10.5. The lowest BCUT2D eigenvalue weighted by Gasteiger charge is -2.06. The van der Waals surface area contributed by atoms with Crippen molar-refractivity contribution >= 4 is 5.91 Å². The second kappa shape index (κ2) is 5.22. The quantitative estimate of drug-likeness (QED) is 0.919. The topological polar surface area (TPSA) is 46.9 Å². The molecule has 1 amide bonds. The number of aryl methyl sites for hydroxylation is 2. The molecule has 1 N–H and O–H groups in total. The molecule has 0 unspecified atom stereocenters. The molecule has 0 radical (unpaired) electrons. The van der Waals surface area contributed by atoms with Gasteiger partial charge in [0.1, 0.15) is 5.82 Å². The summed E-state index contributed by atoms with van der Waals surface area (Å²) in [7, 11) is 1.85. The summed E-state index contributed by atoms with van der Waals surface area (Å²) >= 11 is 0. The van der Waals surface area contributed by atoms with E-state index in [0.29, 0.717) is 6.54 Å². The zero-order chi connectivity index (χ0) is 14.0. The fourth-order valence-corrected chi connectivity index (χ4v) is 1.98. The average molecular weight is 261 g/mol. The summed E-state index contributed by atoms with van der Waals surface area (Å²) < 4.78 is 15.2. The van der Waals surface area contributed by atoms with Gasteiger partial charge >= 0.3 is 0 Å². The predicted molar refractivity (Wildman–Crippen MR) is 70.3 cm³/mol. The molecule has 19 heavy (non-hydrogen) atoms. The van der Waals surface area contributed by atoms with Crippen molar-refractivity contribution in [2.24, 2.45) is 7.05 Å². The van der Waals surface area contributed by atoms with E-state index in [2.05, 4.69) is 10.4 Å². The first-order chi connectivity index (χ1) is 9.00. The van der Waals surface area contributed by atoms with Gasteiger partial charge in [-0.15, -0.1) is 0 Å². The van der Waals surface area contributed by atoms with Crippen LogP contribution in [0.1, 0.15) is 27.3 Å². The van der Waals surface area contributed by atoms with E-state index in [1.807, 2.05) is 20.9 Å². The van der Waals surface area contributed by atoms with Crippen LogP contribution in [-0.2, 0) is 13.6 Å². The highest BCUT2D eigenvalue weighted by atomic mass is 19.1. The number of halogens is 1. The SMILES string of the molecule is Cc1nn(C)c(C)c1CNC(=O)c1ccccc1F. The number of aromatic nitrogens is 2. The van der Waals surface area contributed by atoms with Crippen LogP contribution >= 0.6 is 0 Å². The van der Waals surface area contributed by atoms with E-state index >= 15 is 0 Å². The second-order valence-corrected chi connectivity index (χ2v) is 4.44. The molecule has 1 aromatic heterocycles. The van der Waals surface area contributed by atoms with Crippen molar-refractivity contribution in [3.8, 4) is 0 Å². The Morgan fingerprint density at radius 1 is 1.37 bits per heavy atom. The van der Waals surface area contributed by atoms with Gasteiger partial charge in [0.2, 0.25) is 0 Å². The van der Waals surface area contributed by atoms with Crippen LogP contribution in [0.25, 0.3) is 0 Å². The van der Waals surface area contributed by atoms with Gasteiger partial charge in [0.25, 0.3) is 5.91 Å². The second-order valence-electron chi connectivity index (χ2n) is 4.44. The van der Waals surface area contributed by atoms with Crippen LogP contribution in [0, 0.1) is 19.7 Å². The fraction of sp³-hybridized carbons (Fsp3) is 0.286. The zero-order valence-electron chi connectivity index (χ0n) is 11.2. The first-order valence-corrected chi connectivity index (χ1v) is 6.02. The highest BCUT2D eigenvalue weighted by Crippen LogP contribution is 2.12. The Bertz CT molecular complexity index is 619.